The van der Waals surface area contributed by atoms with E-state index >= 15 is 0 Å². The lowest BCUT2D eigenvalue weighted by atomic mass is 10.0. The molecule has 0 saturated heterocycles. The highest BCUT2D eigenvalue weighted by molar-refractivity contribution is 7.90. The van der Waals surface area contributed by atoms with Gasteiger partial charge in [-0.2, -0.15) is 0 Å². The number of carbonyl (C=O) groups is 1. The SMILES string of the molecule is O=C(Nc1cnccn1)C1=C(O)c2ccc3ccccc3c2S(=O)(=O)N1. The molecule has 9 heteroatoms. The molecule has 26 heavy (non-hydrogen) atoms. The number of fused-ring (bicyclic) bond motifs is 3. The largest absolute Gasteiger partial charge is 0.505 e. The fourth-order valence-corrected chi connectivity index (χ4v) is 4.27. The van der Waals surface area contributed by atoms with E-state index in [0.717, 1.165) is 0 Å². The minimum Gasteiger partial charge on any atom is -0.505 e. The van der Waals surface area contributed by atoms with E-state index in [9.17, 15) is 18.3 Å². The first kappa shape index (κ1) is 16.0. The van der Waals surface area contributed by atoms with Crippen molar-refractivity contribution in [2.45, 2.75) is 4.90 Å². The van der Waals surface area contributed by atoms with Crippen molar-refractivity contribution in [3.8, 4) is 0 Å². The van der Waals surface area contributed by atoms with Gasteiger partial charge in [0.05, 0.1) is 6.20 Å². The molecule has 3 aromatic rings. The van der Waals surface area contributed by atoms with E-state index in [0.29, 0.717) is 10.8 Å². The topological polar surface area (TPSA) is 121 Å². The van der Waals surface area contributed by atoms with Gasteiger partial charge >= 0.3 is 0 Å². The van der Waals surface area contributed by atoms with Gasteiger partial charge in [-0.1, -0.05) is 30.3 Å². The summed E-state index contributed by atoms with van der Waals surface area (Å²) < 4.78 is 27.6. The number of nitrogens with zero attached hydrogens (tertiary/aromatic N) is 2. The van der Waals surface area contributed by atoms with Crippen LogP contribution in [-0.2, 0) is 14.8 Å². The molecule has 0 fully saturated rings. The Hall–Kier alpha value is -3.46. The van der Waals surface area contributed by atoms with Gasteiger partial charge in [0, 0.05) is 23.3 Å². The van der Waals surface area contributed by atoms with E-state index in [1.165, 1.54) is 24.7 Å². The molecule has 0 saturated carbocycles. The first-order valence-electron chi connectivity index (χ1n) is 7.53. The Morgan fingerprint density at radius 1 is 1.12 bits per heavy atom. The maximum absolute atomic E-state index is 12.7. The fourth-order valence-electron chi connectivity index (χ4n) is 2.78. The van der Waals surface area contributed by atoms with Crippen LogP contribution in [0.25, 0.3) is 16.5 Å². The number of hydrogen-bond acceptors (Lipinski definition) is 6. The van der Waals surface area contributed by atoms with Gasteiger partial charge < -0.3 is 10.4 Å². The summed E-state index contributed by atoms with van der Waals surface area (Å²) in [5.74, 6) is -1.17. The molecule has 3 N–H and O–H groups in total. The van der Waals surface area contributed by atoms with Gasteiger partial charge in [-0.3, -0.25) is 14.5 Å². The van der Waals surface area contributed by atoms with Gasteiger partial charge in [0.15, 0.2) is 17.3 Å². The predicted molar refractivity (Wildman–Crippen MR) is 94.5 cm³/mol. The van der Waals surface area contributed by atoms with Crippen LogP contribution < -0.4 is 10.0 Å². The van der Waals surface area contributed by atoms with Gasteiger partial charge in [0.2, 0.25) is 0 Å². The smallest absolute Gasteiger partial charge is 0.277 e. The van der Waals surface area contributed by atoms with E-state index in [1.54, 1.807) is 30.3 Å². The predicted octanol–water partition coefficient (Wildman–Crippen LogP) is 1.79. The van der Waals surface area contributed by atoms with Gasteiger partial charge in [-0.05, 0) is 11.5 Å². The number of sulfonamides is 1. The lowest BCUT2D eigenvalue weighted by molar-refractivity contribution is -0.113. The van der Waals surface area contributed by atoms with Crippen LogP contribution in [0.4, 0.5) is 5.82 Å². The molecule has 1 amide bonds. The zero-order valence-electron chi connectivity index (χ0n) is 13.2. The Bertz CT molecular complexity index is 1170. The molecular formula is C17H12N4O4S. The van der Waals surface area contributed by atoms with Crippen molar-refractivity contribution in [1.82, 2.24) is 14.7 Å². The third-order valence-corrected chi connectivity index (χ3v) is 5.36. The summed E-state index contributed by atoms with van der Waals surface area (Å²) in [5, 5.41) is 14.1. The molecule has 0 atom stereocenters. The standard InChI is InChI=1S/C17H12N4O4S/c22-15-12-6-5-10-3-1-2-4-11(10)16(12)26(24,25)21-14(15)17(23)20-13-9-18-7-8-19-13/h1-9,21-22H,(H,19,20,23). The minimum atomic E-state index is -4.05. The molecule has 130 valence electrons. The quantitative estimate of drug-likeness (QED) is 0.634. The van der Waals surface area contributed by atoms with Gasteiger partial charge in [0.1, 0.15) is 4.90 Å². The van der Waals surface area contributed by atoms with E-state index in [-0.39, 0.29) is 16.3 Å². The van der Waals surface area contributed by atoms with Crippen LogP contribution in [0.2, 0.25) is 0 Å². The van der Waals surface area contributed by atoms with Crippen LogP contribution in [-0.4, -0.2) is 29.4 Å². The Morgan fingerprint density at radius 2 is 1.92 bits per heavy atom. The number of anilines is 1. The van der Waals surface area contributed by atoms with Gasteiger partial charge in [0.25, 0.3) is 15.9 Å². The molecule has 0 spiro atoms. The lowest BCUT2D eigenvalue weighted by Gasteiger charge is -2.22. The minimum absolute atomic E-state index is 0.0618. The van der Waals surface area contributed by atoms with Crippen LogP contribution in [0.15, 0.2) is 65.6 Å². The van der Waals surface area contributed by atoms with Crippen LogP contribution in [0, 0.1) is 0 Å². The van der Waals surface area contributed by atoms with Gasteiger partial charge in [-0.15, -0.1) is 0 Å². The third-order valence-electron chi connectivity index (χ3n) is 3.91. The first-order chi connectivity index (χ1) is 12.5. The van der Waals surface area contributed by atoms with E-state index < -0.39 is 27.4 Å². The zero-order chi connectivity index (χ0) is 18.3. The average molecular weight is 368 g/mol. The highest BCUT2D eigenvalue weighted by atomic mass is 32.2. The molecule has 2 heterocycles. The number of hydrogen-bond donors (Lipinski definition) is 3. The number of benzene rings is 2. The van der Waals surface area contributed by atoms with Crippen LogP contribution in [0.5, 0.6) is 0 Å². The molecule has 4 rings (SSSR count). The fraction of sp³-hybridized carbons (Fsp3) is 0. The second-order valence-electron chi connectivity index (χ2n) is 5.54. The van der Waals surface area contributed by atoms with Crippen molar-refractivity contribution in [1.29, 1.82) is 0 Å². The summed E-state index contributed by atoms with van der Waals surface area (Å²) in [6.45, 7) is 0. The lowest BCUT2D eigenvalue weighted by Crippen LogP contribution is -2.35. The molecule has 1 aliphatic rings. The molecule has 0 bridgehead atoms. The van der Waals surface area contributed by atoms with E-state index in [1.807, 2.05) is 0 Å². The van der Waals surface area contributed by atoms with Gasteiger partial charge in [-0.25, -0.2) is 13.4 Å². The Balaban J connectivity index is 1.86. The molecule has 0 unspecified atom stereocenters. The maximum Gasteiger partial charge on any atom is 0.277 e. The number of nitrogens with one attached hydrogen (secondary N) is 2. The number of aliphatic hydroxyl groups excluding tert-OH is 1. The van der Waals surface area contributed by atoms with E-state index in [2.05, 4.69) is 20.0 Å². The second-order valence-corrected chi connectivity index (χ2v) is 7.16. The van der Waals surface area contributed by atoms with Crippen molar-refractivity contribution in [3.63, 3.8) is 0 Å². The maximum atomic E-state index is 12.7. The Labute approximate surface area is 148 Å². The Morgan fingerprint density at radius 3 is 2.69 bits per heavy atom. The second kappa shape index (κ2) is 5.81. The molecule has 2 aromatic carbocycles. The molecule has 8 nitrogen and oxygen atoms in total. The summed E-state index contributed by atoms with van der Waals surface area (Å²) in [6, 6.07) is 10.1. The Kier molecular flexibility index (Phi) is 3.58. The molecule has 0 radical (unpaired) electrons. The summed E-state index contributed by atoms with van der Waals surface area (Å²) in [6.07, 6.45) is 4.10. The molecular weight excluding hydrogens is 356 g/mol. The van der Waals surface area contributed by atoms with Crippen molar-refractivity contribution in [2.24, 2.45) is 0 Å². The summed E-state index contributed by atoms with van der Waals surface area (Å²) >= 11 is 0. The first-order valence-corrected chi connectivity index (χ1v) is 9.01. The molecule has 0 aliphatic carbocycles. The molecule has 1 aromatic heterocycles. The average Bonchev–Trinajstić information content (AvgIpc) is 2.64. The van der Waals surface area contributed by atoms with Crippen molar-refractivity contribution in [2.75, 3.05) is 5.32 Å². The monoisotopic (exact) mass is 368 g/mol. The van der Waals surface area contributed by atoms with Crippen molar-refractivity contribution in [3.05, 3.63) is 66.2 Å². The number of rotatable bonds is 2. The van der Waals surface area contributed by atoms with Crippen molar-refractivity contribution < 1.29 is 18.3 Å². The summed E-state index contributed by atoms with van der Waals surface area (Å²) in [4.78, 5) is 20.0. The number of amides is 1. The zero-order valence-corrected chi connectivity index (χ0v) is 14.0. The number of carbonyl (C=O) groups excluding carboxylic acids is 1. The van der Waals surface area contributed by atoms with Crippen molar-refractivity contribution >= 4 is 38.3 Å². The van der Waals surface area contributed by atoms with Crippen LogP contribution >= 0.6 is 0 Å². The van der Waals surface area contributed by atoms with Crippen LogP contribution in [0.1, 0.15) is 5.56 Å². The van der Waals surface area contributed by atoms with E-state index in [4.69, 9.17) is 0 Å². The third kappa shape index (κ3) is 2.54. The molecule has 1 aliphatic heterocycles. The summed E-state index contributed by atoms with van der Waals surface area (Å²) in [7, 11) is -4.05. The number of aromatic nitrogens is 2. The van der Waals surface area contributed by atoms with Crippen LogP contribution in [0.3, 0.4) is 0 Å². The summed E-state index contributed by atoms with van der Waals surface area (Å²) in [5.41, 5.74) is -0.412. The normalized spacial score (nSPS) is 15.2. The highest BCUT2D eigenvalue weighted by Crippen LogP contribution is 2.34. The highest BCUT2D eigenvalue weighted by Gasteiger charge is 2.34. The number of aliphatic hydroxyl groups is 1.